The van der Waals surface area contributed by atoms with Gasteiger partial charge in [-0.1, -0.05) is 6.07 Å². The van der Waals surface area contributed by atoms with Gasteiger partial charge in [-0.2, -0.15) is 0 Å². The lowest BCUT2D eigenvalue weighted by molar-refractivity contribution is 0.576. The molecule has 1 aromatic heterocycles. The number of nitrogens with one attached hydrogen (secondary N) is 1. The molecular formula is C20H18ClF3N2O2S. The first-order chi connectivity index (χ1) is 13.3. The van der Waals surface area contributed by atoms with Crippen molar-refractivity contribution in [2.45, 2.75) is 23.8 Å². The van der Waals surface area contributed by atoms with Gasteiger partial charge in [-0.3, -0.25) is 0 Å². The molecule has 0 bridgehead atoms. The summed E-state index contributed by atoms with van der Waals surface area (Å²) in [6.45, 7) is 0. The summed E-state index contributed by atoms with van der Waals surface area (Å²) in [5, 5.41) is 3.11. The molecule has 2 aromatic carbocycles. The first-order valence-corrected chi connectivity index (χ1v) is 10.2. The Morgan fingerprint density at radius 1 is 1.03 bits per heavy atom. The Labute approximate surface area is 172 Å². The Bertz CT molecular complexity index is 1180. The predicted octanol–water partition coefficient (Wildman–Crippen LogP) is 4.44. The van der Waals surface area contributed by atoms with Crippen molar-refractivity contribution in [3.8, 4) is 11.3 Å². The highest BCUT2D eigenvalue weighted by atomic mass is 35.5. The van der Waals surface area contributed by atoms with Crippen LogP contribution in [0.5, 0.6) is 0 Å². The van der Waals surface area contributed by atoms with Gasteiger partial charge in [0, 0.05) is 23.4 Å². The largest absolute Gasteiger partial charge is 0.313 e. The van der Waals surface area contributed by atoms with Gasteiger partial charge in [0.05, 0.1) is 10.6 Å². The lowest BCUT2D eigenvalue weighted by atomic mass is 10.1. The van der Waals surface area contributed by atoms with Crippen LogP contribution in [-0.4, -0.2) is 19.4 Å². The van der Waals surface area contributed by atoms with Crippen molar-refractivity contribution < 1.29 is 21.6 Å². The molecule has 0 saturated carbocycles. The maximum Gasteiger partial charge on any atom is 0.268 e. The summed E-state index contributed by atoms with van der Waals surface area (Å²) in [7, 11) is -2.43. The highest BCUT2D eigenvalue weighted by molar-refractivity contribution is 7.90. The molecule has 1 aliphatic rings. The van der Waals surface area contributed by atoms with Crippen LogP contribution in [0, 0.1) is 17.5 Å². The van der Waals surface area contributed by atoms with E-state index in [2.05, 4.69) is 5.32 Å². The van der Waals surface area contributed by atoms with Crippen LogP contribution in [0.3, 0.4) is 0 Å². The molecule has 0 spiro atoms. The van der Waals surface area contributed by atoms with Crippen molar-refractivity contribution >= 4 is 22.4 Å². The third-order valence-corrected chi connectivity index (χ3v) is 6.77. The van der Waals surface area contributed by atoms with Crippen LogP contribution < -0.4 is 5.32 Å². The molecule has 9 heteroatoms. The summed E-state index contributed by atoms with van der Waals surface area (Å²) in [6, 6.07) is 9.20. The van der Waals surface area contributed by atoms with Gasteiger partial charge in [0.1, 0.15) is 17.5 Å². The van der Waals surface area contributed by atoms with Gasteiger partial charge in [0.2, 0.25) is 0 Å². The number of rotatable bonds is 4. The minimum Gasteiger partial charge on any atom is -0.313 e. The van der Waals surface area contributed by atoms with E-state index < -0.39 is 27.5 Å². The van der Waals surface area contributed by atoms with Crippen LogP contribution in [-0.2, 0) is 16.4 Å². The minimum absolute atomic E-state index is 0. The fraction of sp³-hybridized carbons (Fsp3) is 0.200. The van der Waals surface area contributed by atoms with E-state index in [-0.39, 0.29) is 34.6 Å². The molecule has 0 aliphatic heterocycles. The van der Waals surface area contributed by atoms with Crippen molar-refractivity contribution in [1.82, 2.24) is 9.29 Å². The number of fused-ring (bicyclic) bond motifs is 1. The monoisotopic (exact) mass is 442 g/mol. The van der Waals surface area contributed by atoms with E-state index in [1.807, 2.05) is 0 Å². The number of hydrogen-bond acceptors (Lipinski definition) is 3. The van der Waals surface area contributed by atoms with Crippen molar-refractivity contribution in [3.63, 3.8) is 0 Å². The van der Waals surface area contributed by atoms with Crippen LogP contribution in [0.1, 0.15) is 23.7 Å². The first-order valence-electron chi connectivity index (χ1n) is 8.71. The van der Waals surface area contributed by atoms with Gasteiger partial charge >= 0.3 is 0 Å². The van der Waals surface area contributed by atoms with Gasteiger partial charge < -0.3 is 5.32 Å². The Balaban J connectivity index is 0.00000240. The molecular weight excluding hydrogens is 425 g/mol. The smallest absolute Gasteiger partial charge is 0.268 e. The number of hydrogen-bond donors (Lipinski definition) is 1. The highest BCUT2D eigenvalue weighted by Gasteiger charge is 2.33. The maximum absolute atomic E-state index is 14.5. The fourth-order valence-electron chi connectivity index (χ4n) is 3.73. The normalized spacial score (nSPS) is 15.8. The molecule has 4 nitrogen and oxygen atoms in total. The van der Waals surface area contributed by atoms with Crippen LogP contribution >= 0.6 is 12.4 Å². The molecule has 1 aliphatic carbocycles. The average molecular weight is 443 g/mol. The van der Waals surface area contributed by atoms with E-state index in [4.69, 9.17) is 0 Å². The highest BCUT2D eigenvalue weighted by Crippen LogP contribution is 2.40. The molecule has 1 atom stereocenters. The van der Waals surface area contributed by atoms with Crippen LogP contribution in [0.25, 0.3) is 11.3 Å². The number of benzene rings is 2. The number of halogens is 4. The summed E-state index contributed by atoms with van der Waals surface area (Å²) in [5.74, 6) is -2.31. The van der Waals surface area contributed by atoms with Crippen LogP contribution in [0.15, 0.2) is 53.4 Å². The molecule has 1 unspecified atom stereocenters. The molecule has 154 valence electrons. The molecule has 4 rings (SSSR count). The number of aromatic nitrogens is 1. The average Bonchev–Trinajstić information content (AvgIpc) is 3.20. The zero-order valence-electron chi connectivity index (χ0n) is 15.3. The van der Waals surface area contributed by atoms with Gasteiger partial charge in [0.15, 0.2) is 0 Å². The second kappa shape index (κ2) is 7.85. The summed E-state index contributed by atoms with van der Waals surface area (Å²) >= 11 is 0. The van der Waals surface area contributed by atoms with Crippen molar-refractivity contribution in [2.75, 3.05) is 7.05 Å². The van der Waals surface area contributed by atoms with Gasteiger partial charge in [-0.15, -0.1) is 12.4 Å². The second-order valence-electron chi connectivity index (χ2n) is 6.66. The summed E-state index contributed by atoms with van der Waals surface area (Å²) < 4.78 is 69.3. The molecule has 1 N–H and O–H groups in total. The minimum atomic E-state index is -4.19. The molecule has 29 heavy (non-hydrogen) atoms. The predicted molar refractivity (Wildman–Crippen MR) is 106 cm³/mol. The van der Waals surface area contributed by atoms with Crippen LogP contribution in [0.2, 0.25) is 0 Å². The van der Waals surface area contributed by atoms with Gasteiger partial charge in [-0.25, -0.2) is 25.6 Å². The Kier molecular flexibility index (Phi) is 5.80. The quantitative estimate of drug-likeness (QED) is 0.650. The lowest BCUT2D eigenvalue weighted by Crippen LogP contribution is -2.17. The van der Waals surface area contributed by atoms with E-state index in [1.54, 1.807) is 13.1 Å². The van der Waals surface area contributed by atoms with E-state index in [1.165, 1.54) is 18.2 Å². The molecule has 0 amide bonds. The maximum atomic E-state index is 14.5. The third-order valence-electron chi connectivity index (χ3n) is 5.02. The van der Waals surface area contributed by atoms with E-state index in [9.17, 15) is 21.6 Å². The summed E-state index contributed by atoms with van der Waals surface area (Å²) in [6.07, 6.45) is 1.14. The number of nitrogens with zero attached hydrogens (tertiary/aromatic N) is 1. The summed E-state index contributed by atoms with van der Waals surface area (Å²) in [5.41, 5.74) is 1.31. The van der Waals surface area contributed by atoms with Crippen molar-refractivity contribution in [3.05, 3.63) is 77.2 Å². The fourth-order valence-corrected chi connectivity index (χ4v) is 5.35. The SMILES string of the molecule is CNC1CCc2c1cc(-c1ccc(F)cc1F)n2S(=O)(=O)c1cccc(F)c1.Cl. The van der Waals surface area contributed by atoms with E-state index in [0.717, 1.165) is 27.7 Å². The second-order valence-corrected chi connectivity index (χ2v) is 8.45. The van der Waals surface area contributed by atoms with Crippen LogP contribution in [0.4, 0.5) is 13.2 Å². The molecule has 0 saturated heterocycles. The standard InChI is InChI=1S/C20H17F3N2O2S.ClH/c1-24-18-7-8-19-16(18)11-20(15-6-5-13(22)10-17(15)23)25(19)28(26,27)14-4-2-3-12(21)9-14;/h2-6,9-11,18,24H,7-8H2,1H3;1H. The Morgan fingerprint density at radius 3 is 2.41 bits per heavy atom. The first kappa shape index (κ1) is 21.4. The lowest BCUT2D eigenvalue weighted by Gasteiger charge is -2.14. The zero-order valence-corrected chi connectivity index (χ0v) is 17.0. The molecule has 1 heterocycles. The van der Waals surface area contributed by atoms with Crippen molar-refractivity contribution in [2.24, 2.45) is 0 Å². The van der Waals surface area contributed by atoms with E-state index in [0.29, 0.717) is 24.6 Å². The summed E-state index contributed by atoms with van der Waals surface area (Å²) in [4.78, 5) is -0.234. The molecule has 0 radical (unpaired) electrons. The Hall–Kier alpha value is -2.29. The topological polar surface area (TPSA) is 51.1 Å². The third kappa shape index (κ3) is 3.56. The zero-order chi connectivity index (χ0) is 20.1. The molecule has 0 fully saturated rings. The Morgan fingerprint density at radius 2 is 1.76 bits per heavy atom. The molecule has 3 aromatic rings. The van der Waals surface area contributed by atoms with Gasteiger partial charge in [0.25, 0.3) is 10.0 Å². The van der Waals surface area contributed by atoms with Crippen molar-refractivity contribution in [1.29, 1.82) is 0 Å². The van der Waals surface area contributed by atoms with Gasteiger partial charge in [-0.05, 0) is 61.9 Å². The van der Waals surface area contributed by atoms with E-state index >= 15 is 0 Å².